The van der Waals surface area contributed by atoms with Gasteiger partial charge in [0.25, 0.3) is 0 Å². The van der Waals surface area contributed by atoms with Crippen LogP contribution in [0.1, 0.15) is 44.6 Å². The van der Waals surface area contributed by atoms with E-state index < -0.39 is 8.03 Å². The molecule has 2 aromatic rings. The molecule has 3 nitrogen and oxygen atoms in total. The van der Waals surface area contributed by atoms with Gasteiger partial charge in [0.1, 0.15) is 5.75 Å². The molecule has 2 rings (SSSR count). The van der Waals surface area contributed by atoms with Crippen molar-refractivity contribution in [3.05, 3.63) is 48.0 Å². The van der Waals surface area contributed by atoms with Crippen molar-refractivity contribution >= 4 is 13.3 Å². The van der Waals surface area contributed by atoms with Crippen LogP contribution >= 0.6 is 8.03 Å². The van der Waals surface area contributed by atoms with E-state index in [0.29, 0.717) is 22.3 Å². The van der Waals surface area contributed by atoms with Gasteiger partial charge in [0.15, 0.2) is 0 Å². The number of phenols is 1. The lowest BCUT2D eigenvalue weighted by molar-refractivity contribution is 0.477. The minimum atomic E-state index is -2.84. The Labute approximate surface area is 132 Å². The maximum absolute atomic E-state index is 11.8. The van der Waals surface area contributed by atoms with Gasteiger partial charge in [0.2, 0.25) is 8.03 Å². The van der Waals surface area contributed by atoms with Gasteiger partial charge in [-0.2, -0.15) is 0 Å². The van der Waals surface area contributed by atoms with E-state index in [0.717, 1.165) is 24.8 Å². The molecule has 0 aliphatic heterocycles. The van der Waals surface area contributed by atoms with E-state index in [1.54, 1.807) is 18.2 Å². The number of para-hydroxylation sites is 1. The van der Waals surface area contributed by atoms with E-state index in [9.17, 15) is 14.6 Å². The van der Waals surface area contributed by atoms with Crippen LogP contribution in [0.25, 0.3) is 11.1 Å². The first kappa shape index (κ1) is 16.8. The highest BCUT2D eigenvalue weighted by molar-refractivity contribution is 7.47. The molecule has 0 radical (unpaired) electrons. The molecule has 0 fully saturated rings. The average molecular weight is 318 g/mol. The maximum atomic E-state index is 11.8. The fourth-order valence-electron chi connectivity index (χ4n) is 2.88. The molecule has 2 aromatic carbocycles. The first-order valence-electron chi connectivity index (χ1n) is 7.74. The first-order valence-corrected chi connectivity index (χ1v) is 9.09. The van der Waals surface area contributed by atoms with Crippen molar-refractivity contribution < 1.29 is 14.6 Å². The topological polar surface area (TPSA) is 57.5 Å². The number of aromatic hydroxyl groups is 1. The predicted molar refractivity (Wildman–Crippen MR) is 92.3 cm³/mol. The van der Waals surface area contributed by atoms with E-state index in [2.05, 4.69) is 13.8 Å². The van der Waals surface area contributed by atoms with Crippen molar-refractivity contribution in [2.45, 2.75) is 39.0 Å². The molecule has 0 saturated heterocycles. The van der Waals surface area contributed by atoms with Crippen LogP contribution in [0.3, 0.4) is 0 Å². The Morgan fingerprint density at radius 3 is 2.41 bits per heavy atom. The molecule has 0 heterocycles. The zero-order chi connectivity index (χ0) is 16.1. The maximum Gasteiger partial charge on any atom is 0.218 e. The largest absolute Gasteiger partial charge is 0.507 e. The van der Waals surface area contributed by atoms with Crippen molar-refractivity contribution in [2.75, 3.05) is 0 Å². The molecular formula is C18H23O3P. The summed E-state index contributed by atoms with van der Waals surface area (Å²) in [6.07, 6.45) is 3.16. The lowest BCUT2D eigenvalue weighted by atomic mass is 9.90. The summed E-state index contributed by atoms with van der Waals surface area (Å²) in [6.45, 7) is 4.29. The number of benzene rings is 2. The Morgan fingerprint density at radius 2 is 1.82 bits per heavy atom. The summed E-state index contributed by atoms with van der Waals surface area (Å²) in [5.74, 6) is 0.531. The van der Waals surface area contributed by atoms with Gasteiger partial charge in [0, 0.05) is 10.9 Å². The fourth-order valence-corrected chi connectivity index (χ4v) is 3.62. The van der Waals surface area contributed by atoms with Gasteiger partial charge in [0.05, 0.1) is 0 Å². The highest BCUT2D eigenvalue weighted by Crippen LogP contribution is 2.34. The number of hydrogen-bond acceptors (Lipinski definition) is 2. The van der Waals surface area contributed by atoms with Crippen LogP contribution in [0.15, 0.2) is 42.5 Å². The zero-order valence-corrected chi connectivity index (χ0v) is 14.0. The molecule has 0 aliphatic rings. The number of phenolic OH excluding ortho intramolecular Hbond substituents is 1. The molecule has 2 atom stereocenters. The Hall–Kier alpha value is -1.57. The summed E-state index contributed by atoms with van der Waals surface area (Å²) in [5, 5.41) is 10.4. The molecule has 118 valence electrons. The van der Waals surface area contributed by atoms with E-state index in [1.165, 1.54) is 0 Å². The minimum Gasteiger partial charge on any atom is -0.507 e. The van der Waals surface area contributed by atoms with E-state index >= 15 is 0 Å². The molecule has 0 bridgehead atoms. The molecule has 0 saturated carbocycles. The SMILES string of the molecule is CCCC(CC)c1ccc(-c2ccccc2O)c([PH](=O)O)c1. The van der Waals surface area contributed by atoms with Gasteiger partial charge in [-0.25, -0.2) is 0 Å². The van der Waals surface area contributed by atoms with Crippen molar-refractivity contribution in [3.8, 4) is 16.9 Å². The summed E-state index contributed by atoms with van der Waals surface area (Å²) < 4.78 is 11.8. The summed E-state index contributed by atoms with van der Waals surface area (Å²) in [6, 6.07) is 12.6. The Kier molecular flexibility index (Phi) is 5.82. The molecule has 2 N–H and O–H groups in total. The van der Waals surface area contributed by atoms with Gasteiger partial charge < -0.3 is 10.00 Å². The lowest BCUT2D eigenvalue weighted by Gasteiger charge is -2.17. The molecule has 0 aromatic heterocycles. The average Bonchev–Trinajstić information content (AvgIpc) is 2.52. The zero-order valence-electron chi connectivity index (χ0n) is 13.0. The van der Waals surface area contributed by atoms with Crippen molar-refractivity contribution in [2.24, 2.45) is 0 Å². The van der Waals surface area contributed by atoms with Crippen molar-refractivity contribution in [3.63, 3.8) is 0 Å². The molecule has 0 aliphatic carbocycles. The predicted octanol–water partition coefficient (Wildman–Crippen LogP) is 4.45. The third-order valence-corrected chi connectivity index (χ3v) is 4.94. The van der Waals surface area contributed by atoms with Crippen LogP contribution in [0.4, 0.5) is 0 Å². The van der Waals surface area contributed by atoms with E-state index in [-0.39, 0.29) is 5.75 Å². The molecule has 22 heavy (non-hydrogen) atoms. The van der Waals surface area contributed by atoms with Gasteiger partial charge in [-0.05, 0) is 42.0 Å². The van der Waals surface area contributed by atoms with Crippen LogP contribution in [0.2, 0.25) is 0 Å². The molecular weight excluding hydrogens is 295 g/mol. The Morgan fingerprint density at radius 1 is 1.09 bits per heavy atom. The second-order valence-electron chi connectivity index (χ2n) is 5.52. The van der Waals surface area contributed by atoms with Crippen molar-refractivity contribution in [1.29, 1.82) is 0 Å². The van der Waals surface area contributed by atoms with Crippen LogP contribution in [0, 0.1) is 0 Å². The highest BCUT2D eigenvalue weighted by atomic mass is 31.1. The Bertz CT molecular complexity index is 667. The molecule has 0 amide bonds. The van der Waals surface area contributed by atoms with E-state index in [1.807, 2.05) is 24.3 Å². The fraction of sp³-hybridized carbons (Fsp3) is 0.333. The first-order chi connectivity index (χ1) is 10.6. The van der Waals surface area contributed by atoms with Crippen LogP contribution < -0.4 is 5.30 Å². The van der Waals surface area contributed by atoms with Crippen LogP contribution in [0.5, 0.6) is 5.75 Å². The van der Waals surface area contributed by atoms with E-state index in [4.69, 9.17) is 0 Å². The summed E-state index contributed by atoms with van der Waals surface area (Å²) in [7, 11) is -2.84. The van der Waals surface area contributed by atoms with Crippen molar-refractivity contribution in [1.82, 2.24) is 0 Å². The smallest absolute Gasteiger partial charge is 0.218 e. The van der Waals surface area contributed by atoms with Gasteiger partial charge in [-0.15, -0.1) is 0 Å². The van der Waals surface area contributed by atoms with Crippen LogP contribution in [-0.4, -0.2) is 10.00 Å². The van der Waals surface area contributed by atoms with Gasteiger partial charge >= 0.3 is 0 Å². The summed E-state index contributed by atoms with van der Waals surface area (Å²) >= 11 is 0. The number of hydrogen-bond donors (Lipinski definition) is 2. The molecule has 4 heteroatoms. The third kappa shape index (κ3) is 3.60. The standard InChI is InChI=1S/C18H23O3P/c1-3-7-13(4-2)14-10-11-16(18(12-14)22(20)21)15-8-5-6-9-17(15)19/h5-6,8-13,19,22H,3-4,7H2,1-2H3,(H,20,21). The molecule has 2 unspecified atom stereocenters. The van der Waals surface area contributed by atoms with Crippen LogP contribution in [-0.2, 0) is 4.57 Å². The normalized spacial score (nSPS) is 13.8. The summed E-state index contributed by atoms with van der Waals surface area (Å²) in [4.78, 5) is 9.73. The Balaban J connectivity index is 2.53. The highest BCUT2D eigenvalue weighted by Gasteiger charge is 2.16. The monoisotopic (exact) mass is 318 g/mol. The third-order valence-electron chi connectivity index (χ3n) is 4.07. The minimum absolute atomic E-state index is 0.125. The quantitative estimate of drug-likeness (QED) is 0.774. The lowest BCUT2D eigenvalue weighted by Crippen LogP contribution is -2.07. The second kappa shape index (κ2) is 7.62. The summed E-state index contributed by atoms with van der Waals surface area (Å²) in [5.41, 5.74) is 2.34. The van der Waals surface area contributed by atoms with Gasteiger partial charge in [-0.1, -0.05) is 50.6 Å². The molecule has 0 spiro atoms. The number of rotatable bonds is 6. The van der Waals surface area contributed by atoms with Gasteiger partial charge in [-0.3, -0.25) is 4.57 Å². The second-order valence-corrected chi connectivity index (χ2v) is 6.67.